The van der Waals surface area contributed by atoms with Gasteiger partial charge in [-0.15, -0.1) is 0 Å². The number of anilines is 1. The normalized spacial score (nSPS) is 23.9. The van der Waals surface area contributed by atoms with Crippen molar-refractivity contribution in [3.8, 4) is 5.75 Å². The van der Waals surface area contributed by atoms with Gasteiger partial charge in [0.2, 0.25) is 0 Å². The second-order valence-corrected chi connectivity index (χ2v) is 9.31. The van der Waals surface area contributed by atoms with Crippen molar-refractivity contribution in [2.45, 2.75) is 57.7 Å². The zero-order valence-electron chi connectivity index (χ0n) is 20.1. The molecule has 3 N–H and O–H groups in total. The molecule has 0 saturated carbocycles. The van der Waals surface area contributed by atoms with E-state index >= 15 is 0 Å². The molecular weight excluding hydrogens is 448 g/mol. The highest BCUT2D eigenvalue weighted by molar-refractivity contribution is 6.07. The van der Waals surface area contributed by atoms with E-state index in [4.69, 9.17) is 4.74 Å². The minimum Gasteiger partial charge on any atom is -0.484 e. The Morgan fingerprint density at radius 2 is 1.77 bits per heavy atom. The van der Waals surface area contributed by atoms with E-state index in [0.717, 1.165) is 19.3 Å². The van der Waals surface area contributed by atoms with Gasteiger partial charge in [0.05, 0.1) is 0 Å². The van der Waals surface area contributed by atoms with Gasteiger partial charge in [0.25, 0.3) is 17.7 Å². The van der Waals surface area contributed by atoms with Crippen molar-refractivity contribution in [1.82, 2.24) is 15.5 Å². The summed E-state index contributed by atoms with van der Waals surface area (Å²) in [5, 5.41) is 7.64. The van der Waals surface area contributed by atoms with Crippen LogP contribution in [0.15, 0.2) is 48.5 Å². The maximum Gasteiger partial charge on any atom is 0.322 e. The Balaban J connectivity index is 1.36. The van der Waals surface area contributed by atoms with Gasteiger partial charge in [-0.2, -0.15) is 0 Å². The Kier molecular flexibility index (Phi) is 6.77. The summed E-state index contributed by atoms with van der Waals surface area (Å²) in [6.07, 6.45) is 3.14. The number of nitrogens with zero attached hydrogens (tertiary/aromatic N) is 1. The van der Waals surface area contributed by atoms with E-state index in [-0.39, 0.29) is 30.5 Å². The SMILES string of the molecule is CC1CCCC(C)N1C(=O)COc1ccc(C(=O)Nc2cccc(C3(C)NC(=O)NC3=O)c2)cc1. The molecule has 2 aromatic carbocycles. The fraction of sp³-hybridized carbons (Fsp3) is 0.385. The molecule has 35 heavy (non-hydrogen) atoms. The molecule has 0 aliphatic carbocycles. The minimum absolute atomic E-state index is 0.0350. The van der Waals surface area contributed by atoms with Gasteiger partial charge < -0.3 is 20.3 Å². The summed E-state index contributed by atoms with van der Waals surface area (Å²) in [4.78, 5) is 51.0. The molecule has 0 aromatic heterocycles. The molecule has 3 atom stereocenters. The Labute approximate surface area is 204 Å². The molecule has 2 saturated heterocycles. The quantitative estimate of drug-likeness (QED) is 0.552. The number of hydrogen-bond acceptors (Lipinski definition) is 5. The highest BCUT2D eigenvalue weighted by Crippen LogP contribution is 2.27. The molecule has 2 aliphatic heterocycles. The second-order valence-electron chi connectivity index (χ2n) is 9.31. The Hall–Kier alpha value is -3.88. The minimum atomic E-state index is -1.21. The van der Waals surface area contributed by atoms with Gasteiger partial charge in [0.1, 0.15) is 11.3 Å². The summed E-state index contributed by atoms with van der Waals surface area (Å²) in [5.41, 5.74) is 0.228. The van der Waals surface area contributed by atoms with Gasteiger partial charge in [-0.05, 0) is 82.0 Å². The molecule has 9 nitrogen and oxygen atoms in total. The molecule has 4 rings (SSSR count). The van der Waals surface area contributed by atoms with Crippen molar-refractivity contribution in [2.75, 3.05) is 11.9 Å². The number of nitrogens with one attached hydrogen (secondary N) is 3. The summed E-state index contributed by atoms with van der Waals surface area (Å²) in [6.45, 7) is 5.69. The topological polar surface area (TPSA) is 117 Å². The highest BCUT2D eigenvalue weighted by atomic mass is 16.5. The number of ether oxygens (including phenoxy) is 1. The van der Waals surface area contributed by atoms with Crippen LogP contribution in [0.1, 0.15) is 56.0 Å². The lowest BCUT2D eigenvalue weighted by molar-refractivity contribution is -0.139. The fourth-order valence-corrected chi connectivity index (χ4v) is 4.69. The lowest BCUT2D eigenvalue weighted by atomic mass is 9.92. The number of imide groups is 1. The third kappa shape index (κ3) is 5.13. The van der Waals surface area contributed by atoms with Gasteiger partial charge in [0.15, 0.2) is 6.61 Å². The summed E-state index contributed by atoms with van der Waals surface area (Å²) >= 11 is 0. The number of amides is 5. The predicted octanol–water partition coefficient (Wildman–Crippen LogP) is 3.16. The molecule has 5 amide bonds. The average Bonchev–Trinajstić information content (AvgIpc) is 3.10. The first-order valence-electron chi connectivity index (χ1n) is 11.8. The van der Waals surface area contributed by atoms with Crippen LogP contribution in [0.2, 0.25) is 0 Å². The van der Waals surface area contributed by atoms with Crippen LogP contribution in [-0.2, 0) is 15.1 Å². The molecule has 2 aliphatic rings. The predicted molar refractivity (Wildman–Crippen MR) is 130 cm³/mol. The number of likely N-dealkylation sites (tertiary alicyclic amines) is 1. The van der Waals surface area contributed by atoms with E-state index in [1.54, 1.807) is 55.5 Å². The number of rotatable bonds is 6. The van der Waals surface area contributed by atoms with E-state index < -0.39 is 17.5 Å². The zero-order valence-corrected chi connectivity index (χ0v) is 20.1. The molecule has 9 heteroatoms. The van der Waals surface area contributed by atoms with E-state index in [2.05, 4.69) is 29.8 Å². The number of carbonyl (C=O) groups excluding carboxylic acids is 4. The molecule has 184 valence electrons. The first-order valence-corrected chi connectivity index (χ1v) is 11.8. The van der Waals surface area contributed by atoms with Gasteiger partial charge in [-0.25, -0.2) is 4.79 Å². The van der Waals surface area contributed by atoms with Crippen molar-refractivity contribution in [3.05, 3.63) is 59.7 Å². The van der Waals surface area contributed by atoms with Crippen LogP contribution in [-0.4, -0.2) is 47.3 Å². The number of benzene rings is 2. The molecule has 2 fully saturated rings. The van der Waals surface area contributed by atoms with Crippen molar-refractivity contribution in [1.29, 1.82) is 0 Å². The molecule has 2 heterocycles. The van der Waals surface area contributed by atoms with Crippen molar-refractivity contribution < 1.29 is 23.9 Å². The number of urea groups is 1. The summed E-state index contributed by atoms with van der Waals surface area (Å²) in [6, 6.07) is 13.2. The zero-order chi connectivity index (χ0) is 25.2. The highest BCUT2D eigenvalue weighted by Gasteiger charge is 2.43. The molecule has 2 aromatic rings. The van der Waals surface area contributed by atoms with Crippen LogP contribution in [0.25, 0.3) is 0 Å². The van der Waals surface area contributed by atoms with Gasteiger partial charge in [-0.3, -0.25) is 19.7 Å². The smallest absolute Gasteiger partial charge is 0.322 e. The summed E-state index contributed by atoms with van der Waals surface area (Å²) < 4.78 is 5.68. The lowest BCUT2D eigenvalue weighted by Gasteiger charge is -2.38. The van der Waals surface area contributed by atoms with Crippen LogP contribution < -0.4 is 20.7 Å². The third-order valence-corrected chi connectivity index (χ3v) is 6.70. The summed E-state index contributed by atoms with van der Waals surface area (Å²) in [5.74, 6) is -0.326. The van der Waals surface area contributed by atoms with E-state index in [9.17, 15) is 19.2 Å². The molecule has 0 bridgehead atoms. The van der Waals surface area contributed by atoms with Gasteiger partial charge in [0, 0.05) is 23.3 Å². The largest absolute Gasteiger partial charge is 0.484 e. The van der Waals surface area contributed by atoms with E-state index in [0.29, 0.717) is 22.6 Å². The van der Waals surface area contributed by atoms with E-state index in [1.807, 2.05) is 4.90 Å². The van der Waals surface area contributed by atoms with Gasteiger partial charge >= 0.3 is 6.03 Å². The van der Waals surface area contributed by atoms with Crippen LogP contribution in [0, 0.1) is 0 Å². The second kappa shape index (κ2) is 9.77. The first-order chi connectivity index (χ1) is 16.7. The number of piperidine rings is 1. The molecule has 0 spiro atoms. The Bertz CT molecular complexity index is 1140. The monoisotopic (exact) mass is 478 g/mol. The number of hydrogen-bond donors (Lipinski definition) is 3. The average molecular weight is 479 g/mol. The van der Waals surface area contributed by atoms with Crippen LogP contribution in [0.3, 0.4) is 0 Å². The molecule has 0 radical (unpaired) electrons. The fourth-order valence-electron chi connectivity index (χ4n) is 4.69. The van der Waals surface area contributed by atoms with Crippen LogP contribution in [0.5, 0.6) is 5.75 Å². The van der Waals surface area contributed by atoms with Crippen molar-refractivity contribution in [2.24, 2.45) is 0 Å². The summed E-state index contributed by atoms with van der Waals surface area (Å²) in [7, 11) is 0. The Morgan fingerprint density at radius 1 is 1.09 bits per heavy atom. The van der Waals surface area contributed by atoms with E-state index in [1.165, 1.54) is 0 Å². The Morgan fingerprint density at radius 3 is 2.40 bits per heavy atom. The van der Waals surface area contributed by atoms with Crippen molar-refractivity contribution >= 4 is 29.4 Å². The maximum absolute atomic E-state index is 12.7. The van der Waals surface area contributed by atoms with Crippen LogP contribution >= 0.6 is 0 Å². The molecule has 3 unspecified atom stereocenters. The standard InChI is InChI=1S/C26H30N4O5/c1-16-6-4-7-17(2)30(16)22(31)15-35-21-12-10-18(11-13-21)23(32)27-20-9-5-8-19(14-20)26(3)24(33)28-25(34)29-26/h5,8-14,16-17H,4,6-7,15H2,1-3H3,(H,27,32)(H2,28,29,33,34). The van der Waals surface area contributed by atoms with Crippen molar-refractivity contribution in [3.63, 3.8) is 0 Å². The number of carbonyl (C=O) groups is 4. The van der Waals surface area contributed by atoms with Gasteiger partial charge in [-0.1, -0.05) is 12.1 Å². The third-order valence-electron chi connectivity index (χ3n) is 6.70. The first kappa shape index (κ1) is 24.3. The van der Waals surface area contributed by atoms with Crippen LogP contribution in [0.4, 0.5) is 10.5 Å². The molecular formula is C26H30N4O5. The maximum atomic E-state index is 12.7. The lowest BCUT2D eigenvalue weighted by Crippen LogP contribution is -2.49.